The van der Waals surface area contributed by atoms with Crippen molar-refractivity contribution in [1.82, 2.24) is 9.78 Å². The highest BCUT2D eigenvalue weighted by Crippen LogP contribution is 2.30. The first-order chi connectivity index (χ1) is 9.08. The molecule has 3 rings (SSSR count). The Morgan fingerprint density at radius 2 is 2.26 bits per heavy atom. The molecule has 4 nitrogen and oxygen atoms in total. The molecule has 0 radical (unpaired) electrons. The van der Waals surface area contributed by atoms with Gasteiger partial charge in [0.15, 0.2) is 11.6 Å². The lowest BCUT2D eigenvalue weighted by atomic mass is 9.96. The number of nitrogens with zero attached hydrogens (tertiary/aromatic N) is 2. The molecule has 0 aliphatic heterocycles. The molecule has 2 aromatic rings. The number of ketones is 2. The summed E-state index contributed by atoms with van der Waals surface area (Å²) in [5.41, 5.74) is 1.05. The first kappa shape index (κ1) is 11.8. The molecular formula is C14H11FN2O2. The average Bonchev–Trinajstić information content (AvgIpc) is 2.95. The van der Waals surface area contributed by atoms with Crippen LogP contribution in [0.2, 0.25) is 0 Å². The van der Waals surface area contributed by atoms with Gasteiger partial charge in [0.1, 0.15) is 5.82 Å². The van der Waals surface area contributed by atoms with Crippen LogP contribution in [0.25, 0.3) is 0 Å². The van der Waals surface area contributed by atoms with E-state index >= 15 is 0 Å². The zero-order valence-electron chi connectivity index (χ0n) is 10.3. The number of carbonyl (C=O) groups is 2. The minimum absolute atomic E-state index is 0.133. The molecule has 0 bridgehead atoms. The third-order valence-electron chi connectivity index (χ3n) is 3.41. The summed E-state index contributed by atoms with van der Waals surface area (Å²) in [7, 11) is 1.70. The molecule has 1 heterocycles. The topological polar surface area (TPSA) is 52.0 Å². The normalized spacial score (nSPS) is 17.6. The maximum absolute atomic E-state index is 13.6. The predicted molar refractivity (Wildman–Crippen MR) is 65.5 cm³/mol. The summed E-state index contributed by atoms with van der Waals surface area (Å²) in [5, 5.41) is 3.91. The summed E-state index contributed by atoms with van der Waals surface area (Å²) < 4.78 is 15.1. The van der Waals surface area contributed by atoms with Gasteiger partial charge in [0.05, 0.1) is 17.7 Å². The van der Waals surface area contributed by atoms with Crippen molar-refractivity contribution in [3.05, 3.63) is 53.1 Å². The van der Waals surface area contributed by atoms with Crippen LogP contribution in [0.1, 0.15) is 26.3 Å². The summed E-state index contributed by atoms with van der Waals surface area (Å²) >= 11 is 0. The lowest BCUT2D eigenvalue weighted by Crippen LogP contribution is -2.20. The van der Waals surface area contributed by atoms with Crippen molar-refractivity contribution in [2.45, 2.75) is 6.42 Å². The summed E-state index contributed by atoms with van der Waals surface area (Å²) in [6, 6.07) is 4.36. The first-order valence-electron chi connectivity index (χ1n) is 5.92. The maximum atomic E-state index is 13.6. The lowest BCUT2D eigenvalue weighted by Gasteiger charge is -2.03. The minimum Gasteiger partial charge on any atom is -0.293 e. The highest BCUT2D eigenvalue weighted by Gasteiger charge is 2.37. The molecule has 19 heavy (non-hydrogen) atoms. The molecule has 96 valence electrons. The molecule has 1 unspecified atom stereocenters. The number of rotatable bonds is 2. The Kier molecular flexibility index (Phi) is 2.55. The van der Waals surface area contributed by atoms with Crippen LogP contribution < -0.4 is 0 Å². The zero-order chi connectivity index (χ0) is 13.6. The molecule has 0 amide bonds. The molecule has 0 saturated heterocycles. The van der Waals surface area contributed by atoms with Gasteiger partial charge in [-0.1, -0.05) is 12.1 Å². The van der Waals surface area contributed by atoms with Crippen LogP contribution in [0.15, 0.2) is 30.6 Å². The summed E-state index contributed by atoms with van der Waals surface area (Å²) in [5.74, 6) is -1.85. The molecule has 0 fully saturated rings. The van der Waals surface area contributed by atoms with Gasteiger partial charge in [-0.05, 0) is 18.1 Å². The van der Waals surface area contributed by atoms with E-state index in [-0.39, 0.29) is 18.0 Å². The quantitative estimate of drug-likeness (QED) is 0.609. The van der Waals surface area contributed by atoms with Crippen molar-refractivity contribution in [3.8, 4) is 0 Å². The molecule has 1 aliphatic carbocycles. The predicted octanol–water partition coefficient (Wildman–Crippen LogP) is 1.80. The van der Waals surface area contributed by atoms with Crippen molar-refractivity contribution in [2.24, 2.45) is 13.0 Å². The third-order valence-corrected chi connectivity index (χ3v) is 3.41. The number of carbonyl (C=O) groups excluding carboxylic acids is 2. The number of fused-ring (bicyclic) bond motifs is 1. The van der Waals surface area contributed by atoms with Crippen LogP contribution in [0.5, 0.6) is 0 Å². The number of hydrogen-bond donors (Lipinski definition) is 0. The average molecular weight is 258 g/mol. The molecule has 0 spiro atoms. The fraction of sp³-hybridized carbons (Fsp3) is 0.214. The van der Waals surface area contributed by atoms with E-state index in [2.05, 4.69) is 5.10 Å². The number of Topliss-reactive ketones (excluding diaryl/α,β-unsaturated/α-hetero) is 2. The van der Waals surface area contributed by atoms with E-state index in [0.717, 1.165) is 0 Å². The Morgan fingerprint density at radius 1 is 1.47 bits per heavy atom. The van der Waals surface area contributed by atoms with Gasteiger partial charge in [-0.15, -0.1) is 0 Å². The highest BCUT2D eigenvalue weighted by molar-refractivity contribution is 6.18. The van der Waals surface area contributed by atoms with E-state index in [9.17, 15) is 14.0 Å². The number of halogens is 1. The highest BCUT2D eigenvalue weighted by atomic mass is 19.1. The Labute approximate surface area is 108 Å². The SMILES string of the molecule is Cn1cc(C(=O)C2Cc3c(F)cccc3C2=O)cn1. The van der Waals surface area contributed by atoms with Gasteiger partial charge in [-0.25, -0.2) is 4.39 Å². The Bertz CT molecular complexity index is 691. The summed E-state index contributed by atoms with van der Waals surface area (Å²) in [4.78, 5) is 24.4. The lowest BCUT2D eigenvalue weighted by molar-refractivity contribution is 0.0822. The van der Waals surface area contributed by atoms with E-state index < -0.39 is 11.7 Å². The fourth-order valence-electron chi connectivity index (χ4n) is 2.44. The second-order valence-corrected chi connectivity index (χ2v) is 4.65. The molecule has 1 aromatic heterocycles. The van der Waals surface area contributed by atoms with Gasteiger partial charge < -0.3 is 0 Å². The third kappa shape index (κ3) is 1.78. The van der Waals surface area contributed by atoms with Gasteiger partial charge in [0.2, 0.25) is 0 Å². The minimum atomic E-state index is -0.823. The maximum Gasteiger partial charge on any atom is 0.177 e. The molecule has 1 aromatic carbocycles. The molecule has 0 saturated carbocycles. The molecule has 0 N–H and O–H groups in total. The smallest absolute Gasteiger partial charge is 0.177 e. The van der Waals surface area contributed by atoms with Crippen LogP contribution in [0, 0.1) is 11.7 Å². The monoisotopic (exact) mass is 258 g/mol. The van der Waals surface area contributed by atoms with Crippen LogP contribution in [0.3, 0.4) is 0 Å². The van der Waals surface area contributed by atoms with E-state index in [1.165, 1.54) is 23.0 Å². The van der Waals surface area contributed by atoms with Crippen molar-refractivity contribution >= 4 is 11.6 Å². The zero-order valence-corrected chi connectivity index (χ0v) is 10.3. The molecule has 5 heteroatoms. The van der Waals surface area contributed by atoms with Crippen molar-refractivity contribution in [2.75, 3.05) is 0 Å². The Hall–Kier alpha value is -2.30. The van der Waals surface area contributed by atoms with Crippen LogP contribution in [-0.4, -0.2) is 21.3 Å². The number of benzene rings is 1. The van der Waals surface area contributed by atoms with Gasteiger partial charge in [-0.3, -0.25) is 14.3 Å². The largest absolute Gasteiger partial charge is 0.293 e. The molecular weight excluding hydrogens is 247 g/mol. The summed E-state index contributed by atoms with van der Waals surface area (Å²) in [6.07, 6.45) is 3.12. The van der Waals surface area contributed by atoms with E-state index in [4.69, 9.17) is 0 Å². The van der Waals surface area contributed by atoms with E-state index in [0.29, 0.717) is 16.7 Å². The standard InChI is InChI=1S/C14H11FN2O2/c1-17-7-8(6-16-17)13(18)11-5-10-9(14(11)19)3-2-4-12(10)15/h2-4,6-7,11H,5H2,1H3. The molecule has 1 atom stereocenters. The van der Waals surface area contributed by atoms with Gasteiger partial charge in [-0.2, -0.15) is 5.10 Å². The number of hydrogen-bond acceptors (Lipinski definition) is 3. The second-order valence-electron chi connectivity index (χ2n) is 4.65. The Morgan fingerprint density at radius 3 is 2.89 bits per heavy atom. The Balaban J connectivity index is 1.96. The second kappa shape index (κ2) is 4.12. The van der Waals surface area contributed by atoms with Crippen LogP contribution >= 0.6 is 0 Å². The first-order valence-corrected chi connectivity index (χ1v) is 5.92. The van der Waals surface area contributed by atoms with Crippen molar-refractivity contribution < 1.29 is 14.0 Å². The fourth-order valence-corrected chi connectivity index (χ4v) is 2.44. The van der Waals surface area contributed by atoms with Gasteiger partial charge >= 0.3 is 0 Å². The van der Waals surface area contributed by atoms with Crippen molar-refractivity contribution in [1.29, 1.82) is 0 Å². The van der Waals surface area contributed by atoms with Gasteiger partial charge in [0.25, 0.3) is 0 Å². The van der Waals surface area contributed by atoms with Crippen molar-refractivity contribution in [3.63, 3.8) is 0 Å². The molecule has 1 aliphatic rings. The van der Waals surface area contributed by atoms with E-state index in [1.807, 2.05) is 0 Å². The number of aryl methyl sites for hydroxylation is 1. The van der Waals surface area contributed by atoms with Crippen LogP contribution in [-0.2, 0) is 13.5 Å². The number of aromatic nitrogens is 2. The van der Waals surface area contributed by atoms with Gasteiger partial charge in [0, 0.05) is 18.8 Å². The van der Waals surface area contributed by atoms with E-state index in [1.54, 1.807) is 19.3 Å². The van der Waals surface area contributed by atoms with Crippen LogP contribution in [0.4, 0.5) is 4.39 Å². The summed E-state index contributed by atoms with van der Waals surface area (Å²) in [6.45, 7) is 0.